The van der Waals surface area contributed by atoms with Gasteiger partial charge in [0.05, 0.1) is 0 Å². The molecule has 2 heterocycles. The van der Waals surface area contributed by atoms with Crippen LogP contribution in [0.25, 0.3) is 0 Å². The van der Waals surface area contributed by atoms with E-state index >= 15 is 0 Å². The number of hydrogen-bond acceptors (Lipinski definition) is 4. The van der Waals surface area contributed by atoms with Crippen molar-refractivity contribution in [2.45, 2.75) is 19.9 Å². The van der Waals surface area contributed by atoms with Crippen LogP contribution in [0.1, 0.15) is 28.4 Å². The second-order valence-electron chi connectivity index (χ2n) is 6.07. The monoisotopic (exact) mass is 325 g/mol. The molecular formula is C19H23N3O2. The van der Waals surface area contributed by atoms with Crippen LogP contribution >= 0.6 is 0 Å². The Bertz CT molecular complexity index is 709. The number of pyridine rings is 1. The SMILES string of the molecule is CCc1ccccc1CN1CCN(c2ncccc2C(=O)O)CC1. The molecule has 1 N–H and O–H groups in total. The van der Waals surface area contributed by atoms with Gasteiger partial charge in [0, 0.05) is 38.9 Å². The van der Waals surface area contributed by atoms with E-state index in [1.165, 1.54) is 11.1 Å². The highest BCUT2D eigenvalue weighted by atomic mass is 16.4. The smallest absolute Gasteiger partial charge is 0.339 e. The normalized spacial score (nSPS) is 15.5. The molecule has 5 nitrogen and oxygen atoms in total. The third-order valence-corrected chi connectivity index (χ3v) is 4.58. The van der Waals surface area contributed by atoms with E-state index in [4.69, 9.17) is 0 Å². The van der Waals surface area contributed by atoms with Crippen LogP contribution < -0.4 is 4.90 Å². The molecule has 0 saturated carbocycles. The highest BCUT2D eigenvalue weighted by Gasteiger charge is 2.22. The van der Waals surface area contributed by atoms with Gasteiger partial charge in [-0.1, -0.05) is 31.2 Å². The van der Waals surface area contributed by atoms with Gasteiger partial charge in [-0.3, -0.25) is 4.90 Å². The molecular weight excluding hydrogens is 302 g/mol. The molecule has 0 aliphatic carbocycles. The van der Waals surface area contributed by atoms with E-state index < -0.39 is 5.97 Å². The molecule has 1 aliphatic heterocycles. The van der Waals surface area contributed by atoms with E-state index in [-0.39, 0.29) is 5.56 Å². The van der Waals surface area contributed by atoms with Crippen molar-refractivity contribution in [3.8, 4) is 0 Å². The Hall–Kier alpha value is -2.40. The van der Waals surface area contributed by atoms with Crippen LogP contribution in [0, 0.1) is 0 Å². The van der Waals surface area contributed by atoms with Gasteiger partial charge in [-0.05, 0) is 29.7 Å². The van der Waals surface area contributed by atoms with Crippen LogP contribution in [0.5, 0.6) is 0 Å². The van der Waals surface area contributed by atoms with E-state index in [1.807, 2.05) is 0 Å². The van der Waals surface area contributed by atoms with E-state index in [0.29, 0.717) is 5.82 Å². The number of benzene rings is 1. The lowest BCUT2D eigenvalue weighted by molar-refractivity contribution is 0.0697. The minimum Gasteiger partial charge on any atom is -0.478 e. The van der Waals surface area contributed by atoms with Crippen LogP contribution in [-0.4, -0.2) is 47.1 Å². The summed E-state index contributed by atoms with van der Waals surface area (Å²) in [5.41, 5.74) is 3.07. The number of hydrogen-bond donors (Lipinski definition) is 1. The summed E-state index contributed by atoms with van der Waals surface area (Å²) in [6.07, 6.45) is 2.71. The summed E-state index contributed by atoms with van der Waals surface area (Å²) in [7, 11) is 0. The van der Waals surface area contributed by atoms with Crippen molar-refractivity contribution in [1.82, 2.24) is 9.88 Å². The minimum absolute atomic E-state index is 0.280. The van der Waals surface area contributed by atoms with Gasteiger partial charge in [-0.15, -0.1) is 0 Å². The molecule has 0 bridgehead atoms. The van der Waals surface area contributed by atoms with Gasteiger partial charge in [0.2, 0.25) is 0 Å². The molecule has 2 aromatic rings. The molecule has 1 aliphatic rings. The number of nitrogens with zero attached hydrogens (tertiary/aromatic N) is 3. The zero-order valence-corrected chi connectivity index (χ0v) is 14.0. The fourth-order valence-electron chi connectivity index (χ4n) is 3.23. The van der Waals surface area contributed by atoms with E-state index in [0.717, 1.165) is 39.1 Å². The van der Waals surface area contributed by atoms with E-state index in [1.54, 1.807) is 18.3 Å². The third kappa shape index (κ3) is 3.57. The molecule has 24 heavy (non-hydrogen) atoms. The first-order valence-electron chi connectivity index (χ1n) is 8.41. The Morgan fingerprint density at radius 3 is 2.46 bits per heavy atom. The summed E-state index contributed by atoms with van der Waals surface area (Å²) in [4.78, 5) is 20.2. The average molecular weight is 325 g/mol. The Morgan fingerprint density at radius 2 is 1.79 bits per heavy atom. The highest BCUT2D eigenvalue weighted by molar-refractivity contribution is 5.93. The maximum Gasteiger partial charge on any atom is 0.339 e. The molecule has 0 spiro atoms. The topological polar surface area (TPSA) is 56.7 Å². The Labute approximate surface area is 142 Å². The van der Waals surface area contributed by atoms with Crippen molar-refractivity contribution >= 4 is 11.8 Å². The van der Waals surface area contributed by atoms with Crippen LogP contribution in [-0.2, 0) is 13.0 Å². The van der Waals surface area contributed by atoms with Crippen LogP contribution in [0.4, 0.5) is 5.82 Å². The molecule has 1 fully saturated rings. The Kier molecular flexibility index (Phi) is 5.11. The first-order valence-corrected chi connectivity index (χ1v) is 8.41. The fourth-order valence-corrected chi connectivity index (χ4v) is 3.23. The van der Waals surface area contributed by atoms with Crippen LogP contribution in [0.2, 0.25) is 0 Å². The predicted octanol–water partition coefficient (Wildman–Crippen LogP) is 2.66. The molecule has 0 radical (unpaired) electrons. The van der Waals surface area contributed by atoms with Gasteiger partial charge in [0.25, 0.3) is 0 Å². The number of carboxylic acid groups (broad SMARTS) is 1. The standard InChI is InChI=1S/C19H23N3O2/c1-2-15-6-3-4-7-16(15)14-21-10-12-22(13-11-21)18-17(19(23)24)8-5-9-20-18/h3-9H,2,10-14H2,1H3,(H,23,24). The summed E-state index contributed by atoms with van der Waals surface area (Å²) in [6, 6.07) is 11.9. The molecule has 0 atom stereocenters. The third-order valence-electron chi connectivity index (χ3n) is 4.58. The number of aryl methyl sites for hydroxylation is 1. The van der Waals surface area contributed by atoms with Crippen LogP contribution in [0.15, 0.2) is 42.6 Å². The van der Waals surface area contributed by atoms with Crippen molar-refractivity contribution in [3.63, 3.8) is 0 Å². The van der Waals surface area contributed by atoms with Gasteiger partial charge < -0.3 is 10.0 Å². The summed E-state index contributed by atoms with van der Waals surface area (Å²) >= 11 is 0. The van der Waals surface area contributed by atoms with Crippen LogP contribution in [0.3, 0.4) is 0 Å². The van der Waals surface area contributed by atoms with Crippen molar-refractivity contribution in [2.75, 3.05) is 31.1 Å². The van der Waals surface area contributed by atoms with Gasteiger partial charge in [0.1, 0.15) is 11.4 Å². The molecule has 3 rings (SSSR count). The molecule has 0 unspecified atom stereocenters. The summed E-state index contributed by atoms with van der Waals surface area (Å²) < 4.78 is 0. The second kappa shape index (κ2) is 7.45. The minimum atomic E-state index is -0.919. The number of aromatic carboxylic acids is 1. The molecule has 0 amide bonds. The summed E-state index contributed by atoms with van der Waals surface area (Å²) in [5, 5.41) is 9.32. The van der Waals surface area contributed by atoms with Gasteiger partial charge in [0.15, 0.2) is 0 Å². The number of aromatic nitrogens is 1. The van der Waals surface area contributed by atoms with Gasteiger partial charge >= 0.3 is 5.97 Å². The van der Waals surface area contributed by atoms with E-state index in [2.05, 4.69) is 46.0 Å². The highest BCUT2D eigenvalue weighted by Crippen LogP contribution is 2.20. The van der Waals surface area contributed by atoms with Crippen molar-refractivity contribution < 1.29 is 9.90 Å². The predicted molar refractivity (Wildman–Crippen MR) is 94.5 cm³/mol. The lowest BCUT2D eigenvalue weighted by atomic mass is 10.0. The van der Waals surface area contributed by atoms with Gasteiger partial charge in [-0.25, -0.2) is 9.78 Å². The van der Waals surface area contributed by atoms with Crippen molar-refractivity contribution in [2.24, 2.45) is 0 Å². The molecule has 126 valence electrons. The van der Waals surface area contributed by atoms with Crippen molar-refractivity contribution in [3.05, 3.63) is 59.3 Å². The molecule has 1 aromatic heterocycles. The fraction of sp³-hybridized carbons (Fsp3) is 0.368. The number of rotatable bonds is 5. The Balaban J connectivity index is 1.65. The first-order chi connectivity index (χ1) is 11.7. The number of carbonyl (C=O) groups is 1. The summed E-state index contributed by atoms with van der Waals surface area (Å²) in [6.45, 7) is 6.55. The zero-order valence-electron chi connectivity index (χ0n) is 14.0. The summed E-state index contributed by atoms with van der Waals surface area (Å²) in [5.74, 6) is -0.337. The largest absolute Gasteiger partial charge is 0.478 e. The second-order valence-corrected chi connectivity index (χ2v) is 6.07. The molecule has 1 aromatic carbocycles. The van der Waals surface area contributed by atoms with Gasteiger partial charge in [-0.2, -0.15) is 0 Å². The van der Waals surface area contributed by atoms with E-state index in [9.17, 15) is 9.90 Å². The lowest BCUT2D eigenvalue weighted by Gasteiger charge is -2.36. The number of anilines is 1. The average Bonchev–Trinajstić information content (AvgIpc) is 2.63. The quantitative estimate of drug-likeness (QED) is 0.916. The zero-order chi connectivity index (χ0) is 16.9. The maximum atomic E-state index is 11.4. The first kappa shape index (κ1) is 16.5. The molecule has 5 heteroatoms. The maximum absolute atomic E-state index is 11.4. The molecule has 1 saturated heterocycles. The Morgan fingerprint density at radius 1 is 1.08 bits per heavy atom. The van der Waals surface area contributed by atoms with Crippen molar-refractivity contribution in [1.29, 1.82) is 0 Å². The number of carboxylic acids is 1. The number of piperazine rings is 1. The lowest BCUT2D eigenvalue weighted by Crippen LogP contribution is -2.46.